The van der Waals surface area contributed by atoms with Crippen LogP contribution in [-0.4, -0.2) is 62.0 Å². The van der Waals surface area contributed by atoms with Crippen molar-refractivity contribution in [2.24, 2.45) is 0 Å². The Bertz CT molecular complexity index is 940. The largest absolute Gasteiger partial charge is 0.496 e. The Morgan fingerprint density at radius 3 is 2.37 bits per heavy atom. The van der Waals surface area contributed by atoms with Crippen LogP contribution in [0.3, 0.4) is 0 Å². The standard InChI is InChI=1S/C18H23N3O5S/c1-12-5-6-15(11-16(12)25-4)18(22)20-7-9-21(10-8-20)27(23,24)17-13(2)19-26-14(17)3/h5-6,11H,7-10H2,1-4H3. The summed E-state index contributed by atoms with van der Waals surface area (Å²) in [6.07, 6.45) is 0. The number of ether oxygens (including phenoxy) is 1. The predicted molar refractivity (Wildman–Crippen MR) is 98.4 cm³/mol. The SMILES string of the molecule is COc1cc(C(=O)N2CCN(S(=O)(=O)c3c(C)noc3C)CC2)ccc1C. The van der Waals surface area contributed by atoms with Crippen molar-refractivity contribution in [3.8, 4) is 5.75 Å². The smallest absolute Gasteiger partial charge is 0.254 e. The molecule has 0 spiro atoms. The van der Waals surface area contributed by atoms with E-state index in [1.807, 2.05) is 13.0 Å². The summed E-state index contributed by atoms with van der Waals surface area (Å²) < 4.78 is 37.4. The molecule has 0 radical (unpaired) electrons. The van der Waals surface area contributed by atoms with Crippen molar-refractivity contribution in [2.75, 3.05) is 33.3 Å². The molecule has 2 heterocycles. The van der Waals surface area contributed by atoms with Crippen LogP contribution in [0.15, 0.2) is 27.6 Å². The van der Waals surface area contributed by atoms with Crippen LogP contribution in [0.2, 0.25) is 0 Å². The molecule has 1 amide bonds. The summed E-state index contributed by atoms with van der Waals surface area (Å²) in [6, 6.07) is 5.31. The van der Waals surface area contributed by atoms with Crippen molar-refractivity contribution in [1.82, 2.24) is 14.4 Å². The molecule has 27 heavy (non-hydrogen) atoms. The zero-order valence-electron chi connectivity index (χ0n) is 15.9. The maximum atomic E-state index is 12.9. The number of aromatic nitrogens is 1. The van der Waals surface area contributed by atoms with E-state index in [1.54, 1.807) is 38.0 Å². The van der Waals surface area contributed by atoms with Crippen molar-refractivity contribution in [2.45, 2.75) is 25.7 Å². The molecule has 9 heteroatoms. The summed E-state index contributed by atoms with van der Waals surface area (Å²) >= 11 is 0. The molecule has 0 atom stereocenters. The fourth-order valence-corrected chi connectivity index (χ4v) is 4.95. The Morgan fingerprint density at radius 1 is 1.15 bits per heavy atom. The highest BCUT2D eigenvalue weighted by Gasteiger charge is 2.34. The highest BCUT2D eigenvalue weighted by Crippen LogP contribution is 2.25. The van der Waals surface area contributed by atoms with Crippen LogP contribution in [-0.2, 0) is 10.0 Å². The summed E-state index contributed by atoms with van der Waals surface area (Å²) in [5, 5.41) is 3.73. The third kappa shape index (κ3) is 3.57. The number of methoxy groups -OCH3 is 1. The molecule has 1 fully saturated rings. The highest BCUT2D eigenvalue weighted by atomic mass is 32.2. The Labute approximate surface area is 158 Å². The van der Waals surface area contributed by atoms with E-state index in [0.717, 1.165) is 5.56 Å². The Kier molecular flexibility index (Phi) is 5.25. The topological polar surface area (TPSA) is 93.0 Å². The normalized spacial score (nSPS) is 15.8. The molecule has 3 rings (SSSR count). The highest BCUT2D eigenvalue weighted by molar-refractivity contribution is 7.89. The first-order valence-corrected chi connectivity index (χ1v) is 10.1. The lowest BCUT2D eigenvalue weighted by Gasteiger charge is -2.34. The number of aryl methyl sites for hydroxylation is 3. The molecular formula is C18H23N3O5S. The lowest BCUT2D eigenvalue weighted by molar-refractivity contribution is 0.0697. The second-order valence-electron chi connectivity index (χ2n) is 6.53. The fourth-order valence-electron chi connectivity index (χ4n) is 3.24. The van der Waals surface area contributed by atoms with Gasteiger partial charge in [-0.25, -0.2) is 8.42 Å². The molecule has 1 aliphatic heterocycles. The molecule has 1 aromatic heterocycles. The summed E-state index contributed by atoms with van der Waals surface area (Å²) in [4.78, 5) is 14.5. The van der Waals surface area contributed by atoms with Crippen LogP contribution in [0.4, 0.5) is 0 Å². The Balaban J connectivity index is 1.73. The van der Waals surface area contributed by atoms with Crippen molar-refractivity contribution in [3.05, 3.63) is 40.8 Å². The van der Waals surface area contributed by atoms with Gasteiger partial charge in [0.15, 0.2) is 5.76 Å². The van der Waals surface area contributed by atoms with Gasteiger partial charge in [-0.15, -0.1) is 0 Å². The second kappa shape index (κ2) is 7.32. The van der Waals surface area contributed by atoms with E-state index >= 15 is 0 Å². The van der Waals surface area contributed by atoms with E-state index < -0.39 is 10.0 Å². The van der Waals surface area contributed by atoms with Gasteiger partial charge in [0.25, 0.3) is 5.91 Å². The zero-order valence-corrected chi connectivity index (χ0v) is 16.7. The van der Waals surface area contributed by atoms with Crippen molar-refractivity contribution < 1.29 is 22.5 Å². The van der Waals surface area contributed by atoms with Crippen LogP contribution in [0.5, 0.6) is 5.75 Å². The van der Waals surface area contributed by atoms with Gasteiger partial charge in [0.1, 0.15) is 16.3 Å². The molecule has 0 saturated carbocycles. The minimum Gasteiger partial charge on any atom is -0.496 e. The first-order valence-electron chi connectivity index (χ1n) is 8.62. The number of carbonyl (C=O) groups excluding carboxylic acids is 1. The third-order valence-corrected chi connectivity index (χ3v) is 6.89. The Hall–Kier alpha value is -2.39. The summed E-state index contributed by atoms with van der Waals surface area (Å²) in [7, 11) is -2.13. The molecule has 1 saturated heterocycles. The van der Waals surface area contributed by atoms with Gasteiger partial charge in [-0.3, -0.25) is 4.79 Å². The maximum Gasteiger partial charge on any atom is 0.254 e. The predicted octanol–water partition coefficient (Wildman–Crippen LogP) is 1.76. The van der Waals surface area contributed by atoms with Crippen LogP contribution in [0.25, 0.3) is 0 Å². The van der Waals surface area contributed by atoms with Crippen molar-refractivity contribution in [1.29, 1.82) is 0 Å². The number of hydrogen-bond acceptors (Lipinski definition) is 6. The molecule has 146 valence electrons. The minimum atomic E-state index is -3.69. The third-order valence-electron chi connectivity index (χ3n) is 4.75. The molecule has 8 nitrogen and oxygen atoms in total. The molecule has 0 N–H and O–H groups in total. The van der Waals surface area contributed by atoms with E-state index in [4.69, 9.17) is 9.26 Å². The number of carbonyl (C=O) groups is 1. The van der Waals surface area contributed by atoms with Gasteiger partial charge in [0, 0.05) is 31.7 Å². The van der Waals surface area contributed by atoms with Crippen molar-refractivity contribution >= 4 is 15.9 Å². The van der Waals surface area contributed by atoms with Gasteiger partial charge in [-0.2, -0.15) is 4.31 Å². The van der Waals surface area contributed by atoms with Gasteiger partial charge < -0.3 is 14.2 Å². The minimum absolute atomic E-state index is 0.116. The summed E-state index contributed by atoms with van der Waals surface area (Å²) in [5.41, 5.74) is 1.82. The average Bonchev–Trinajstić information content (AvgIpc) is 3.00. The number of piperazine rings is 1. The van der Waals surface area contributed by atoms with E-state index in [1.165, 1.54) is 4.31 Å². The number of hydrogen-bond donors (Lipinski definition) is 0. The summed E-state index contributed by atoms with van der Waals surface area (Å²) in [6.45, 7) is 6.17. The lowest BCUT2D eigenvalue weighted by Crippen LogP contribution is -2.50. The van der Waals surface area contributed by atoms with Gasteiger partial charge in [-0.05, 0) is 38.5 Å². The zero-order chi connectivity index (χ0) is 19.8. The fraction of sp³-hybridized carbons (Fsp3) is 0.444. The first-order chi connectivity index (χ1) is 12.8. The van der Waals surface area contributed by atoms with Gasteiger partial charge in [-0.1, -0.05) is 11.2 Å². The van der Waals surface area contributed by atoms with Crippen LogP contribution in [0.1, 0.15) is 27.4 Å². The lowest BCUT2D eigenvalue weighted by atomic mass is 10.1. The molecule has 1 aliphatic rings. The van der Waals surface area contributed by atoms with Gasteiger partial charge in [0.2, 0.25) is 10.0 Å². The van der Waals surface area contributed by atoms with E-state index in [9.17, 15) is 13.2 Å². The average molecular weight is 393 g/mol. The quantitative estimate of drug-likeness (QED) is 0.786. The number of benzene rings is 1. The Morgan fingerprint density at radius 2 is 1.81 bits per heavy atom. The molecule has 0 aliphatic carbocycles. The van der Waals surface area contributed by atoms with Gasteiger partial charge in [0.05, 0.1) is 7.11 Å². The van der Waals surface area contributed by atoms with E-state index in [-0.39, 0.29) is 29.7 Å². The molecular weight excluding hydrogens is 370 g/mol. The molecule has 0 unspecified atom stereocenters. The number of nitrogens with zero attached hydrogens (tertiary/aromatic N) is 3. The molecule has 0 bridgehead atoms. The van der Waals surface area contributed by atoms with Crippen molar-refractivity contribution in [3.63, 3.8) is 0 Å². The van der Waals surface area contributed by atoms with Crippen LogP contribution in [0, 0.1) is 20.8 Å². The monoisotopic (exact) mass is 393 g/mol. The van der Waals surface area contributed by atoms with Crippen LogP contribution < -0.4 is 4.74 Å². The number of amides is 1. The first kappa shape index (κ1) is 19.4. The maximum absolute atomic E-state index is 12.9. The molecule has 2 aromatic rings. The van der Waals surface area contributed by atoms with Gasteiger partial charge >= 0.3 is 0 Å². The number of sulfonamides is 1. The molecule has 1 aromatic carbocycles. The summed E-state index contributed by atoms with van der Waals surface area (Å²) in [5.74, 6) is 0.793. The number of rotatable bonds is 4. The van der Waals surface area contributed by atoms with Crippen LogP contribution >= 0.6 is 0 Å². The second-order valence-corrected chi connectivity index (χ2v) is 8.41. The van der Waals surface area contributed by atoms with E-state index in [2.05, 4.69) is 5.16 Å². The van der Waals surface area contributed by atoms with E-state index in [0.29, 0.717) is 30.1 Å².